The van der Waals surface area contributed by atoms with Crippen LogP contribution in [0.3, 0.4) is 0 Å². The van der Waals surface area contributed by atoms with Gasteiger partial charge in [-0.25, -0.2) is 9.59 Å². The smallest absolute Gasteiger partial charge is 0.328 e. The third-order valence-electron chi connectivity index (χ3n) is 7.16. The zero-order chi connectivity index (χ0) is 29.9. The topological polar surface area (TPSA) is 175 Å². The summed E-state index contributed by atoms with van der Waals surface area (Å²) in [6.07, 6.45) is 5.96. The van der Waals surface area contributed by atoms with E-state index in [0.717, 1.165) is 36.9 Å². The second kappa shape index (κ2) is 16.0. The molecule has 0 saturated carbocycles. The summed E-state index contributed by atoms with van der Waals surface area (Å²) in [5, 5.41) is 27.2. The van der Waals surface area contributed by atoms with E-state index in [4.69, 9.17) is 21.7 Å². The molecule has 2 aromatic carbocycles. The highest BCUT2D eigenvalue weighted by Gasteiger charge is 2.24. The van der Waals surface area contributed by atoms with Gasteiger partial charge in [0, 0.05) is 32.4 Å². The normalized spacial score (nSPS) is 22.2. The summed E-state index contributed by atoms with van der Waals surface area (Å²) in [7, 11) is 0. The van der Waals surface area contributed by atoms with E-state index < -0.39 is 11.9 Å². The van der Waals surface area contributed by atoms with Crippen molar-refractivity contribution in [3.05, 3.63) is 81.8 Å². The van der Waals surface area contributed by atoms with Crippen molar-refractivity contribution < 1.29 is 19.8 Å². The number of carboxylic acid groups (broad SMARTS) is 2. The van der Waals surface area contributed by atoms with Gasteiger partial charge < -0.3 is 32.3 Å². The summed E-state index contributed by atoms with van der Waals surface area (Å²) in [5.41, 5.74) is 11.8. The number of nitrogens with two attached hydrogens (primary N) is 2. The van der Waals surface area contributed by atoms with Crippen molar-refractivity contribution in [1.29, 1.82) is 0 Å². The first-order valence-electron chi connectivity index (χ1n) is 14.1. The van der Waals surface area contributed by atoms with Crippen LogP contribution in [-0.2, 0) is 9.59 Å². The molecule has 2 atom stereocenters. The van der Waals surface area contributed by atoms with Crippen LogP contribution in [0.4, 0.5) is 0 Å². The molecular formula is C30H38N6O4S2. The van der Waals surface area contributed by atoms with Crippen LogP contribution in [0, 0.1) is 11.8 Å². The molecule has 12 heteroatoms. The lowest BCUT2D eigenvalue weighted by molar-refractivity contribution is -0.134. The van der Waals surface area contributed by atoms with Crippen LogP contribution in [0.25, 0.3) is 9.81 Å². The lowest BCUT2D eigenvalue weighted by Gasteiger charge is -2.27. The van der Waals surface area contributed by atoms with Gasteiger partial charge in [0.25, 0.3) is 0 Å². The van der Waals surface area contributed by atoms with Gasteiger partial charge >= 0.3 is 11.9 Å². The van der Waals surface area contributed by atoms with E-state index in [1.165, 1.54) is 45.9 Å². The fraction of sp³-hybridized carbons (Fsp3) is 0.400. The molecule has 224 valence electrons. The van der Waals surface area contributed by atoms with Crippen LogP contribution in [0.5, 0.6) is 0 Å². The Kier molecular flexibility index (Phi) is 12.2. The van der Waals surface area contributed by atoms with E-state index in [0.29, 0.717) is 24.0 Å². The van der Waals surface area contributed by atoms with Crippen LogP contribution in [-0.4, -0.2) is 59.3 Å². The quantitative estimate of drug-likeness (QED) is 0.268. The van der Waals surface area contributed by atoms with Gasteiger partial charge in [0.2, 0.25) is 0 Å². The number of nitrogens with one attached hydrogen (secondary N) is 2. The molecule has 10 nitrogen and oxygen atoms in total. The number of fused-ring (bicyclic) bond motifs is 2. The molecule has 0 radical (unpaired) electrons. The Morgan fingerprint density at radius 3 is 1.40 bits per heavy atom. The Hall–Kier alpha value is -3.00. The summed E-state index contributed by atoms with van der Waals surface area (Å²) < 4.78 is 0. The third-order valence-corrected chi connectivity index (χ3v) is 9.46. The van der Waals surface area contributed by atoms with Crippen molar-refractivity contribution in [3.8, 4) is 0 Å². The molecule has 4 aliphatic heterocycles. The van der Waals surface area contributed by atoms with Crippen molar-refractivity contribution in [3.63, 3.8) is 0 Å². The second-order valence-corrected chi connectivity index (χ2v) is 12.4. The number of nitrogens with zero attached hydrogens (tertiary/aromatic N) is 2. The van der Waals surface area contributed by atoms with E-state index >= 15 is 0 Å². The summed E-state index contributed by atoms with van der Waals surface area (Å²) >= 11 is 3.47. The highest BCUT2D eigenvalue weighted by Crippen LogP contribution is 2.34. The Labute approximate surface area is 253 Å². The predicted octanol–water partition coefficient (Wildman–Crippen LogP) is 0.518. The fourth-order valence-corrected chi connectivity index (χ4v) is 7.55. The highest BCUT2D eigenvalue weighted by atomic mass is 32.2. The van der Waals surface area contributed by atoms with Gasteiger partial charge in [0.15, 0.2) is 0 Å². The zero-order valence-electron chi connectivity index (χ0n) is 23.3. The van der Waals surface area contributed by atoms with Crippen molar-refractivity contribution in [2.24, 2.45) is 33.3 Å². The van der Waals surface area contributed by atoms with Gasteiger partial charge in [-0.2, -0.15) is 0 Å². The monoisotopic (exact) mass is 610 g/mol. The second-order valence-electron chi connectivity index (χ2n) is 10.1. The summed E-state index contributed by atoms with van der Waals surface area (Å²) in [6.45, 7) is 4.46. The van der Waals surface area contributed by atoms with E-state index in [1.54, 1.807) is 23.5 Å². The fourth-order valence-electron chi connectivity index (χ4n) is 5.25. The molecule has 4 heterocycles. The van der Waals surface area contributed by atoms with Gasteiger partial charge in [-0.3, -0.25) is 9.98 Å². The number of hydrogen-bond acceptors (Lipinski definition) is 10. The minimum atomic E-state index is -1.26. The van der Waals surface area contributed by atoms with Crippen LogP contribution in [0.2, 0.25) is 0 Å². The summed E-state index contributed by atoms with van der Waals surface area (Å²) in [4.78, 5) is 31.0. The van der Waals surface area contributed by atoms with Crippen molar-refractivity contribution in [1.82, 2.24) is 10.6 Å². The maximum absolute atomic E-state index is 9.55. The molecule has 0 spiro atoms. The third kappa shape index (κ3) is 9.25. The summed E-state index contributed by atoms with van der Waals surface area (Å²) in [5.74, 6) is -1.20. The van der Waals surface area contributed by atoms with Crippen molar-refractivity contribution >= 4 is 45.3 Å². The standard InChI is InChI=1S/2C13H17N3S.C4H4O4/c2*14-13-16-11-4-2-1-3-10(11)12(17-13)9-5-7-15-8-6-9;5-3(6)1-2-4(7)8/h2*1-4,9,13,15H,5-8,14H2;1-2H,(H,5,6)(H,7,8)/b;;2-1+. The number of rotatable bonds is 4. The molecule has 4 aliphatic rings. The first kappa shape index (κ1) is 31.9. The largest absolute Gasteiger partial charge is 0.478 e. The highest BCUT2D eigenvalue weighted by molar-refractivity contribution is 8.08. The first-order chi connectivity index (χ1) is 20.3. The number of benzene rings is 2. The molecule has 0 amide bonds. The maximum atomic E-state index is 9.55. The first-order valence-corrected chi connectivity index (χ1v) is 15.8. The van der Waals surface area contributed by atoms with E-state index in [9.17, 15) is 9.59 Å². The molecule has 2 saturated heterocycles. The molecule has 0 aromatic heterocycles. The van der Waals surface area contributed by atoms with Gasteiger partial charge in [-0.05, 0) is 75.8 Å². The number of aliphatic carboxylic acids is 2. The number of hydrogen-bond donors (Lipinski definition) is 6. The lowest BCUT2D eigenvalue weighted by atomic mass is 9.96. The van der Waals surface area contributed by atoms with E-state index in [2.05, 4.69) is 57.0 Å². The van der Waals surface area contributed by atoms with Crippen LogP contribution in [0.1, 0.15) is 25.7 Å². The molecule has 0 aliphatic carbocycles. The van der Waals surface area contributed by atoms with Crippen molar-refractivity contribution in [2.45, 2.75) is 36.7 Å². The van der Waals surface area contributed by atoms with E-state index in [1.807, 2.05) is 12.1 Å². The van der Waals surface area contributed by atoms with Gasteiger partial charge in [-0.1, -0.05) is 59.9 Å². The van der Waals surface area contributed by atoms with Crippen molar-refractivity contribution in [2.75, 3.05) is 26.2 Å². The minimum absolute atomic E-state index is 0.130. The average molecular weight is 611 g/mol. The number of carboxylic acids is 2. The molecule has 6 rings (SSSR count). The Balaban J connectivity index is 0.000000155. The molecule has 2 aromatic rings. The predicted molar refractivity (Wildman–Crippen MR) is 168 cm³/mol. The van der Waals surface area contributed by atoms with Crippen LogP contribution < -0.4 is 43.3 Å². The van der Waals surface area contributed by atoms with Gasteiger partial charge in [0.05, 0.1) is 10.7 Å². The van der Waals surface area contributed by atoms with Gasteiger partial charge in [-0.15, -0.1) is 0 Å². The Morgan fingerprint density at radius 1 is 0.690 bits per heavy atom. The van der Waals surface area contributed by atoms with Crippen LogP contribution in [0.15, 0.2) is 70.7 Å². The number of thioether (sulfide) groups is 2. The van der Waals surface area contributed by atoms with E-state index in [-0.39, 0.29) is 11.0 Å². The number of piperidine rings is 2. The minimum Gasteiger partial charge on any atom is -0.478 e. The number of para-hydroxylation sites is 2. The lowest BCUT2D eigenvalue weighted by Crippen LogP contribution is -2.38. The Bertz CT molecular complexity index is 1410. The van der Waals surface area contributed by atoms with Gasteiger partial charge in [0.1, 0.15) is 11.0 Å². The van der Waals surface area contributed by atoms with Crippen LogP contribution >= 0.6 is 23.5 Å². The maximum Gasteiger partial charge on any atom is 0.328 e. The molecule has 0 bridgehead atoms. The number of carbonyl (C=O) groups is 2. The molecular weight excluding hydrogens is 573 g/mol. The SMILES string of the molecule is NC1N=c2ccccc2=C(C2CCNCC2)S1.NC1N=c2ccccc2=C(C2CCNCC2)S1.O=C(O)/C=C/C(=O)O. The molecule has 2 fully saturated rings. The summed E-state index contributed by atoms with van der Waals surface area (Å²) in [6, 6.07) is 16.7. The Morgan fingerprint density at radius 2 is 1.05 bits per heavy atom. The zero-order valence-corrected chi connectivity index (χ0v) is 24.9. The molecule has 2 unspecified atom stereocenters. The molecule has 42 heavy (non-hydrogen) atoms. The molecule has 8 N–H and O–H groups in total. The average Bonchev–Trinajstić information content (AvgIpc) is 3.00.